The summed E-state index contributed by atoms with van der Waals surface area (Å²) < 4.78 is 0. The summed E-state index contributed by atoms with van der Waals surface area (Å²) in [6.45, 7) is 0.0704. The van der Waals surface area contributed by atoms with Crippen molar-refractivity contribution in [1.82, 2.24) is 0 Å². The van der Waals surface area contributed by atoms with Crippen molar-refractivity contribution in [2.75, 3.05) is 6.54 Å². The van der Waals surface area contributed by atoms with E-state index in [2.05, 4.69) is 10.0 Å². The normalized spacial score (nSPS) is 18.4. The summed E-state index contributed by atoms with van der Waals surface area (Å²) in [6.07, 6.45) is -1.14. The molecule has 0 aromatic heterocycles. The van der Waals surface area contributed by atoms with Gasteiger partial charge >= 0.3 is 5.97 Å². The molecule has 1 fully saturated rings. The minimum Gasteiger partial charge on any atom is -0.481 e. The van der Waals surface area contributed by atoms with Gasteiger partial charge in [-0.15, -0.1) is 0 Å². The summed E-state index contributed by atoms with van der Waals surface area (Å²) in [6, 6.07) is 6.72. The van der Waals surface area contributed by atoms with Crippen LogP contribution in [0, 0.1) is 0 Å². The monoisotopic (exact) mass is 291 g/mol. The molecule has 2 unspecified atom stereocenters. The third kappa shape index (κ3) is 3.00. The molecule has 0 spiro atoms. The van der Waals surface area contributed by atoms with Gasteiger partial charge in [-0.3, -0.25) is 4.79 Å². The third-order valence-corrected chi connectivity index (χ3v) is 3.91. The van der Waals surface area contributed by atoms with Crippen LogP contribution in [0.5, 0.6) is 0 Å². The van der Waals surface area contributed by atoms with Gasteiger partial charge in [-0.05, 0) is 35.9 Å². The van der Waals surface area contributed by atoms with Crippen LogP contribution in [0.2, 0.25) is 0 Å². The van der Waals surface area contributed by atoms with E-state index in [1.165, 1.54) is 0 Å². The van der Waals surface area contributed by atoms with Gasteiger partial charge in [0.25, 0.3) is 0 Å². The highest BCUT2D eigenvalue weighted by Gasteiger charge is 2.53. The summed E-state index contributed by atoms with van der Waals surface area (Å²) in [5.41, 5.74) is 8.23. The minimum atomic E-state index is -1.20. The molecule has 112 valence electrons. The number of rotatable bonds is 7. The molecule has 7 nitrogen and oxygen atoms in total. The number of azide groups is 1. The molecule has 1 aromatic rings. The maximum atomic E-state index is 11.4. The number of aliphatic hydroxyl groups excluding tert-OH is 2. The lowest BCUT2D eigenvalue weighted by atomic mass is 9.87. The maximum absolute atomic E-state index is 11.4. The fourth-order valence-electron chi connectivity index (χ4n) is 2.51. The molecule has 0 bridgehead atoms. The molecular formula is C14H17N3O4. The van der Waals surface area contributed by atoms with Crippen molar-refractivity contribution in [2.45, 2.75) is 36.9 Å². The van der Waals surface area contributed by atoms with E-state index in [4.69, 9.17) is 5.53 Å². The fourth-order valence-corrected chi connectivity index (χ4v) is 2.51. The van der Waals surface area contributed by atoms with Crippen molar-refractivity contribution >= 4 is 5.97 Å². The molecule has 1 aliphatic rings. The summed E-state index contributed by atoms with van der Waals surface area (Å²) in [5.74, 6) is -0.911. The minimum absolute atomic E-state index is 0.0704. The van der Waals surface area contributed by atoms with Gasteiger partial charge in [0.1, 0.15) is 6.10 Å². The van der Waals surface area contributed by atoms with Crippen molar-refractivity contribution in [3.63, 3.8) is 0 Å². The molecule has 0 radical (unpaired) electrons. The van der Waals surface area contributed by atoms with Gasteiger partial charge in [0.15, 0.2) is 0 Å². The van der Waals surface area contributed by atoms with Crippen LogP contribution < -0.4 is 0 Å². The van der Waals surface area contributed by atoms with Crippen molar-refractivity contribution in [1.29, 1.82) is 0 Å². The van der Waals surface area contributed by atoms with Gasteiger partial charge in [-0.25, -0.2) is 0 Å². The van der Waals surface area contributed by atoms with Gasteiger partial charge in [0.05, 0.1) is 11.5 Å². The smallest absolute Gasteiger partial charge is 0.314 e. The zero-order chi connectivity index (χ0) is 15.5. The third-order valence-electron chi connectivity index (χ3n) is 3.91. The van der Waals surface area contributed by atoms with Gasteiger partial charge in [-0.2, -0.15) is 0 Å². The first-order chi connectivity index (χ1) is 10.0. The first-order valence-electron chi connectivity index (χ1n) is 6.73. The molecule has 0 heterocycles. The van der Waals surface area contributed by atoms with Crippen LogP contribution in [-0.2, 0) is 10.2 Å². The average Bonchev–Trinajstić information content (AvgIpc) is 3.28. The Kier molecular flexibility index (Phi) is 4.47. The van der Waals surface area contributed by atoms with E-state index in [-0.39, 0.29) is 13.0 Å². The number of benzene rings is 1. The first-order valence-corrected chi connectivity index (χ1v) is 6.73. The summed E-state index contributed by atoms with van der Waals surface area (Å²) >= 11 is 0. The predicted molar refractivity (Wildman–Crippen MR) is 74.6 cm³/mol. The predicted octanol–water partition coefficient (Wildman–Crippen LogP) is 1.90. The van der Waals surface area contributed by atoms with Gasteiger partial charge in [-0.1, -0.05) is 29.4 Å². The van der Waals surface area contributed by atoms with Crippen molar-refractivity contribution in [3.8, 4) is 0 Å². The summed E-state index contributed by atoms with van der Waals surface area (Å²) in [5, 5.41) is 32.9. The molecule has 2 atom stereocenters. The van der Waals surface area contributed by atoms with E-state index in [0.717, 1.165) is 0 Å². The van der Waals surface area contributed by atoms with Crippen LogP contribution in [0.3, 0.4) is 0 Å². The molecule has 0 amide bonds. The Labute approximate surface area is 121 Å². The Morgan fingerprint density at radius 2 is 2.05 bits per heavy atom. The number of carbonyl (C=O) groups is 1. The highest BCUT2D eigenvalue weighted by Crippen LogP contribution is 2.50. The second kappa shape index (κ2) is 6.13. The molecule has 3 N–H and O–H groups in total. The van der Waals surface area contributed by atoms with Crippen LogP contribution >= 0.6 is 0 Å². The van der Waals surface area contributed by atoms with Crippen molar-refractivity contribution < 1.29 is 20.1 Å². The molecule has 1 aliphatic carbocycles. The van der Waals surface area contributed by atoms with Crippen LogP contribution in [0.25, 0.3) is 10.4 Å². The second-order valence-corrected chi connectivity index (χ2v) is 5.23. The second-order valence-electron chi connectivity index (χ2n) is 5.23. The number of carboxylic acid groups (broad SMARTS) is 1. The van der Waals surface area contributed by atoms with E-state index >= 15 is 0 Å². The Morgan fingerprint density at radius 3 is 2.62 bits per heavy atom. The quantitative estimate of drug-likeness (QED) is 0.402. The number of aliphatic hydroxyl groups is 2. The molecule has 1 saturated carbocycles. The Bertz CT molecular complexity index is 579. The molecule has 2 rings (SSSR count). The van der Waals surface area contributed by atoms with E-state index in [0.29, 0.717) is 24.0 Å². The van der Waals surface area contributed by atoms with Crippen molar-refractivity contribution in [2.24, 2.45) is 5.11 Å². The summed E-state index contributed by atoms with van der Waals surface area (Å²) in [4.78, 5) is 14.0. The van der Waals surface area contributed by atoms with E-state index in [9.17, 15) is 20.1 Å². The van der Waals surface area contributed by atoms with Gasteiger partial charge in [0, 0.05) is 11.5 Å². The Morgan fingerprint density at radius 1 is 1.38 bits per heavy atom. The molecule has 21 heavy (non-hydrogen) atoms. The highest BCUT2D eigenvalue weighted by molar-refractivity contribution is 5.85. The number of nitrogens with zero attached hydrogens (tertiary/aromatic N) is 3. The molecule has 7 heteroatoms. The van der Waals surface area contributed by atoms with Crippen molar-refractivity contribution in [3.05, 3.63) is 45.8 Å². The van der Waals surface area contributed by atoms with Gasteiger partial charge < -0.3 is 15.3 Å². The lowest BCUT2D eigenvalue weighted by Crippen LogP contribution is -2.26. The zero-order valence-electron chi connectivity index (χ0n) is 11.4. The molecule has 0 saturated heterocycles. The Balaban J connectivity index is 2.24. The van der Waals surface area contributed by atoms with Crippen LogP contribution in [-0.4, -0.2) is 33.9 Å². The Hall–Kier alpha value is -2.08. The standard InChI is InChI=1S/C14H17N3O4/c15-17-16-8-5-11(18)12(19)9-3-1-2-4-10(9)14(6-7-14)13(20)21/h1-4,11-12,18-19H,5-8H2,(H,20,21). The number of hydrogen-bond donors (Lipinski definition) is 3. The lowest BCUT2D eigenvalue weighted by Gasteiger charge is -2.23. The summed E-state index contributed by atoms with van der Waals surface area (Å²) in [7, 11) is 0. The number of carboxylic acids is 1. The lowest BCUT2D eigenvalue weighted by molar-refractivity contribution is -0.140. The first kappa shape index (κ1) is 15.3. The van der Waals surface area contributed by atoms with E-state index in [1.54, 1.807) is 24.3 Å². The van der Waals surface area contributed by atoms with Gasteiger partial charge in [0.2, 0.25) is 0 Å². The van der Waals surface area contributed by atoms with E-state index < -0.39 is 23.6 Å². The fraction of sp³-hybridized carbons (Fsp3) is 0.500. The molecule has 1 aromatic carbocycles. The molecule has 0 aliphatic heterocycles. The highest BCUT2D eigenvalue weighted by atomic mass is 16.4. The number of aliphatic carboxylic acids is 1. The van der Waals surface area contributed by atoms with Crippen LogP contribution in [0.1, 0.15) is 36.5 Å². The SMILES string of the molecule is [N-]=[N+]=NCCC(O)C(O)c1ccccc1C1(C(=O)O)CC1. The molecular weight excluding hydrogens is 274 g/mol. The van der Waals surface area contributed by atoms with E-state index in [1.807, 2.05) is 0 Å². The van der Waals surface area contributed by atoms with Crippen LogP contribution in [0.4, 0.5) is 0 Å². The largest absolute Gasteiger partial charge is 0.481 e. The number of hydrogen-bond acceptors (Lipinski definition) is 4. The maximum Gasteiger partial charge on any atom is 0.314 e. The zero-order valence-corrected chi connectivity index (χ0v) is 11.4. The van der Waals surface area contributed by atoms with Crippen LogP contribution in [0.15, 0.2) is 29.4 Å². The average molecular weight is 291 g/mol. The topological polar surface area (TPSA) is 127 Å².